The monoisotopic (exact) mass is 408 g/mol. The molecule has 0 atom stereocenters. The highest BCUT2D eigenvalue weighted by Gasteiger charge is 2.22. The fourth-order valence-electron chi connectivity index (χ4n) is 2.95. The molecule has 1 heterocycles. The Labute approximate surface area is 175 Å². The van der Waals surface area contributed by atoms with Gasteiger partial charge in [0.2, 0.25) is 0 Å². The summed E-state index contributed by atoms with van der Waals surface area (Å²) in [5.74, 6) is -0.166. The van der Waals surface area contributed by atoms with Crippen LogP contribution >= 0.6 is 0 Å². The molecule has 0 spiro atoms. The van der Waals surface area contributed by atoms with Gasteiger partial charge in [-0.25, -0.2) is 5.01 Å². The molecule has 0 aromatic heterocycles. The lowest BCUT2D eigenvalue weighted by molar-refractivity contribution is -0.152. The third-order valence-corrected chi connectivity index (χ3v) is 4.61. The molecule has 3 rings (SSSR count). The molecule has 30 heavy (non-hydrogen) atoms. The first-order valence-electron chi connectivity index (χ1n) is 9.85. The predicted molar refractivity (Wildman–Crippen MR) is 111 cm³/mol. The van der Waals surface area contributed by atoms with Gasteiger partial charge in [0, 0.05) is 18.4 Å². The Morgan fingerprint density at radius 3 is 2.47 bits per heavy atom. The van der Waals surface area contributed by atoms with E-state index >= 15 is 0 Å². The number of carbonyl (C=O) groups is 3. The molecule has 2 aromatic carbocycles. The van der Waals surface area contributed by atoms with Crippen LogP contribution in [0.3, 0.4) is 0 Å². The highest BCUT2D eigenvalue weighted by Crippen LogP contribution is 2.14. The predicted octanol–water partition coefficient (Wildman–Crippen LogP) is 3.23. The second kappa shape index (κ2) is 10.3. The zero-order valence-corrected chi connectivity index (χ0v) is 16.9. The normalized spacial score (nSPS) is 13.0. The van der Waals surface area contributed by atoms with E-state index in [1.54, 1.807) is 24.3 Å². The Balaban J connectivity index is 1.34. The molecule has 2 aromatic rings. The van der Waals surface area contributed by atoms with Crippen molar-refractivity contribution >= 4 is 23.4 Å². The van der Waals surface area contributed by atoms with E-state index in [2.05, 4.69) is 5.10 Å². The van der Waals surface area contributed by atoms with E-state index in [1.807, 2.05) is 30.3 Å². The summed E-state index contributed by atoms with van der Waals surface area (Å²) < 4.78 is 10.6. The number of hydrazone groups is 1. The number of nitrogens with zero attached hydrogens (tertiary/aromatic N) is 2. The zero-order chi connectivity index (χ0) is 21.3. The summed E-state index contributed by atoms with van der Waals surface area (Å²) in [6.45, 7) is 2.00. The van der Waals surface area contributed by atoms with Crippen LogP contribution < -0.4 is 4.74 Å². The number of esters is 1. The maximum absolute atomic E-state index is 12.2. The van der Waals surface area contributed by atoms with Crippen LogP contribution in [0.25, 0.3) is 0 Å². The molecular weight excluding hydrogens is 384 g/mol. The molecule has 7 heteroatoms. The molecule has 7 nitrogen and oxygen atoms in total. The van der Waals surface area contributed by atoms with Crippen molar-refractivity contribution in [2.75, 3.05) is 19.8 Å². The first-order chi connectivity index (χ1) is 14.5. The van der Waals surface area contributed by atoms with Crippen LogP contribution in [0.4, 0.5) is 0 Å². The molecule has 0 saturated heterocycles. The van der Waals surface area contributed by atoms with Crippen LogP contribution in [0.15, 0.2) is 59.7 Å². The third kappa shape index (κ3) is 6.01. The largest absolute Gasteiger partial charge is 0.494 e. The van der Waals surface area contributed by atoms with E-state index in [1.165, 1.54) is 11.9 Å². The van der Waals surface area contributed by atoms with Gasteiger partial charge in [-0.2, -0.15) is 5.10 Å². The van der Waals surface area contributed by atoms with Crippen LogP contribution in [-0.4, -0.2) is 48.1 Å². The van der Waals surface area contributed by atoms with E-state index in [9.17, 15) is 14.4 Å². The Kier molecular flexibility index (Phi) is 7.32. The van der Waals surface area contributed by atoms with Gasteiger partial charge < -0.3 is 9.47 Å². The van der Waals surface area contributed by atoms with Crippen LogP contribution in [0, 0.1) is 0 Å². The maximum atomic E-state index is 12.2. The van der Waals surface area contributed by atoms with Gasteiger partial charge >= 0.3 is 5.97 Å². The minimum atomic E-state index is -0.453. The van der Waals surface area contributed by atoms with Crippen molar-refractivity contribution in [3.8, 4) is 5.75 Å². The van der Waals surface area contributed by atoms with Crippen molar-refractivity contribution in [1.82, 2.24) is 5.01 Å². The van der Waals surface area contributed by atoms with E-state index < -0.39 is 5.97 Å². The molecule has 156 valence electrons. The first-order valence-corrected chi connectivity index (χ1v) is 9.85. The lowest BCUT2D eigenvalue weighted by atomic mass is 10.1. The quantitative estimate of drug-likeness (QED) is 0.361. The number of amides is 1. The van der Waals surface area contributed by atoms with E-state index in [4.69, 9.17) is 9.47 Å². The molecule has 1 aliphatic heterocycles. The summed E-state index contributed by atoms with van der Waals surface area (Å²) in [6.07, 6.45) is 1.29. The smallest absolute Gasteiger partial charge is 0.306 e. The number of carbonyl (C=O) groups excluding carboxylic acids is 3. The maximum Gasteiger partial charge on any atom is 0.306 e. The number of benzene rings is 2. The number of hydrogen-bond donors (Lipinski definition) is 0. The summed E-state index contributed by atoms with van der Waals surface area (Å²) >= 11 is 0. The average molecular weight is 408 g/mol. The summed E-state index contributed by atoms with van der Waals surface area (Å²) in [5, 5.41) is 5.68. The molecule has 0 radical (unpaired) electrons. The molecule has 0 bridgehead atoms. The van der Waals surface area contributed by atoms with Gasteiger partial charge in [0.15, 0.2) is 12.4 Å². The number of rotatable bonds is 9. The summed E-state index contributed by atoms with van der Waals surface area (Å²) in [7, 11) is 0. The molecule has 0 saturated carbocycles. The van der Waals surface area contributed by atoms with Gasteiger partial charge in [0.05, 0.1) is 18.9 Å². The fraction of sp³-hybridized carbons (Fsp3) is 0.304. The SMILES string of the molecule is CC(=O)c1ccc(OCCCC(=O)OCC(=O)N2CCC(c3ccccc3)=N2)cc1. The van der Waals surface area contributed by atoms with Gasteiger partial charge in [-0.1, -0.05) is 30.3 Å². The molecular formula is C23H24N2O5. The first kappa shape index (κ1) is 21.2. The average Bonchev–Trinajstić information content (AvgIpc) is 3.26. The summed E-state index contributed by atoms with van der Waals surface area (Å²) in [4.78, 5) is 35.3. The van der Waals surface area contributed by atoms with E-state index in [0.29, 0.717) is 37.3 Å². The molecule has 1 amide bonds. The second-order valence-electron chi connectivity index (χ2n) is 6.87. The fourth-order valence-corrected chi connectivity index (χ4v) is 2.95. The Morgan fingerprint density at radius 2 is 1.77 bits per heavy atom. The highest BCUT2D eigenvalue weighted by atomic mass is 16.5. The topological polar surface area (TPSA) is 85.3 Å². The Hall–Kier alpha value is -3.48. The van der Waals surface area contributed by atoms with Crippen molar-refractivity contribution < 1.29 is 23.9 Å². The van der Waals surface area contributed by atoms with Crippen molar-refractivity contribution in [1.29, 1.82) is 0 Å². The molecule has 0 fully saturated rings. The van der Waals surface area contributed by atoms with Crippen molar-refractivity contribution in [3.63, 3.8) is 0 Å². The van der Waals surface area contributed by atoms with Gasteiger partial charge in [-0.05, 0) is 43.2 Å². The Bertz CT molecular complexity index is 922. The molecule has 0 aliphatic carbocycles. The van der Waals surface area contributed by atoms with E-state index in [0.717, 1.165) is 11.3 Å². The molecule has 0 unspecified atom stereocenters. The number of hydrogen-bond acceptors (Lipinski definition) is 6. The Morgan fingerprint density at radius 1 is 1.03 bits per heavy atom. The number of ether oxygens (including phenoxy) is 2. The van der Waals surface area contributed by atoms with Crippen LogP contribution in [0.2, 0.25) is 0 Å². The van der Waals surface area contributed by atoms with Crippen molar-refractivity contribution in [2.45, 2.75) is 26.2 Å². The van der Waals surface area contributed by atoms with Crippen LogP contribution in [-0.2, 0) is 14.3 Å². The third-order valence-electron chi connectivity index (χ3n) is 4.61. The minimum Gasteiger partial charge on any atom is -0.494 e. The zero-order valence-electron chi connectivity index (χ0n) is 16.9. The van der Waals surface area contributed by atoms with Crippen LogP contribution in [0.1, 0.15) is 42.1 Å². The standard InChI is InChI=1S/C23H24N2O5/c1-17(26)18-9-11-20(12-10-18)29-15-5-8-23(28)30-16-22(27)25-14-13-21(24-25)19-6-3-2-4-7-19/h2-4,6-7,9-12H,5,8,13-16H2,1H3. The van der Waals surface area contributed by atoms with Gasteiger partial charge in [-0.15, -0.1) is 0 Å². The van der Waals surface area contributed by atoms with Crippen molar-refractivity contribution in [2.24, 2.45) is 5.10 Å². The summed E-state index contributed by atoms with van der Waals surface area (Å²) in [6, 6.07) is 16.5. The number of Topliss-reactive ketones (excluding diaryl/α,β-unsaturated/α-hetero) is 1. The van der Waals surface area contributed by atoms with E-state index in [-0.39, 0.29) is 24.7 Å². The second-order valence-corrected chi connectivity index (χ2v) is 6.87. The van der Waals surface area contributed by atoms with Crippen LogP contribution in [0.5, 0.6) is 5.75 Å². The minimum absolute atomic E-state index is 0.00486. The summed E-state index contributed by atoms with van der Waals surface area (Å²) in [5.41, 5.74) is 2.46. The lowest BCUT2D eigenvalue weighted by Gasteiger charge is -2.11. The van der Waals surface area contributed by atoms with Crippen molar-refractivity contribution in [3.05, 3.63) is 65.7 Å². The van der Waals surface area contributed by atoms with Gasteiger partial charge in [0.1, 0.15) is 5.75 Å². The van der Waals surface area contributed by atoms with Gasteiger partial charge in [-0.3, -0.25) is 14.4 Å². The molecule has 0 N–H and O–H groups in total. The molecule has 1 aliphatic rings. The van der Waals surface area contributed by atoms with Gasteiger partial charge in [0.25, 0.3) is 5.91 Å². The highest BCUT2D eigenvalue weighted by molar-refractivity contribution is 6.02. The lowest BCUT2D eigenvalue weighted by Crippen LogP contribution is -2.28. The number of ketones is 1.